The van der Waals surface area contributed by atoms with E-state index in [0.717, 1.165) is 41.3 Å². The van der Waals surface area contributed by atoms with Crippen LogP contribution in [0.1, 0.15) is 34.2 Å². The molecule has 0 radical (unpaired) electrons. The Bertz CT molecular complexity index is 1250. The van der Waals surface area contributed by atoms with Crippen molar-refractivity contribution in [1.82, 2.24) is 0 Å². The van der Waals surface area contributed by atoms with Gasteiger partial charge in [-0.1, -0.05) is 66.2 Å². The van der Waals surface area contributed by atoms with Crippen LogP contribution < -0.4 is 0 Å². The Labute approximate surface area is 205 Å². The first kappa shape index (κ1) is 24.4. The number of hydrogen-bond donors (Lipinski definition) is 0. The summed E-state index contributed by atoms with van der Waals surface area (Å²) in [5, 5.41) is 2.21. The predicted molar refractivity (Wildman–Crippen MR) is 137 cm³/mol. The lowest BCUT2D eigenvalue weighted by Gasteiger charge is -2.10. The second-order valence-electron chi connectivity index (χ2n) is 8.74. The lowest BCUT2D eigenvalue weighted by Crippen LogP contribution is -1.99. The van der Waals surface area contributed by atoms with Crippen molar-refractivity contribution < 1.29 is 13.5 Å². The van der Waals surface area contributed by atoms with Crippen LogP contribution in [0.4, 0.5) is 8.78 Å². The minimum absolute atomic E-state index is 0.159. The summed E-state index contributed by atoms with van der Waals surface area (Å²) < 4.78 is 34.7. The van der Waals surface area contributed by atoms with Gasteiger partial charge in [0.25, 0.3) is 0 Å². The first-order chi connectivity index (χ1) is 16.5. The van der Waals surface area contributed by atoms with Crippen molar-refractivity contribution in [3.63, 3.8) is 0 Å². The summed E-state index contributed by atoms with van der Waals surface area (Å²) in [6, 6.07) is 22.8. The van der Waals surface area contributed by atoms with Gasteiger partial charge in [0.2, 0.25) is 0 Å². The zero-order valence-electron chi connectivity index (χ0n) is 19.4. The van der Waals surface area contributed by atoms with Crippen molar-refractivity contribution in [3.05, 3.63) is 117 Å². The summed E-state index contributed by atoms with van der Waals surface area (Å²) in [5.74, 6) is -0.319. The van der Waals surface area contributed by atoms with Crippen LogP contribution in [-0.4, -0.2) is 13.7 Å². The van der Waals surface area contributed by atoms with Gasteiger partial charge in [-0.2, -0.15) is 0 Å². The van der Waals surface area contributed by atoms with Gasteiger partial charge in [-0.05, 0) is 89.9 Å². The third kappa shape index (κ3) is 6.22. The highest BCUT2D eigenvalue weighted by molar-refractivity contribution is 6.30. The van der Waals surface area contributed by atoms with Crippen LogP contribution in [0.2, 0.25) is 5.02 Å². The van der Waals surface area contributed by atoms with Gasteiger partial charge in [-0.15, -0.1) is 0 Å². The van der Waals surface area contributed by atoms with E-state index in [1.807, 2.05) is 66.7 Å². The largest absolute Gasteiger partial charge is 0.385 e. The number of rotatable bonds is 10. The lowest BCUT2D eigenvalue weighted by molar-refractivity contribution is 0.195. The molecule has 4 heteroatoms. The standard InChI is InChI=1S/C30H29ClF2O/c1-34-18-2-3-22-5-10-24(29(32)20-22)11-6-23-9-17-28-26(19-23)14-13-25(30(28)33)12-4-21-7-15-27(31)16-8-21/h5,7-10,13-17,19-20H,2-4,6,11-12,18H2,1H3. The zero-order chi connectivity index (χ0) is 23.9. The molecule has 0 atom stereocenters. The average Bonchev–Trinajstić information content (AvgIpc) is 2.84. The minimum atomic E-state index is -0.160. The van der Waals surface area contributed by atoms with Gasteiger partial charge in [-0.3, -0.25) is 0 Å². The summed E-state index contributed by atoms with van der Waals surface area (Å²) in [6.07, 6.45) is 4.39. The molecule has 0 aliphatic heterocycles. The van der Waals surface area contributed by atoms with Crippen LogP contribution in [-0.2, 0) is 36.8 Å². The maximum absolute atomic E-state index is 15.1. The molecule has 0 fully saturated rings. The molecular formula is C30H29ClF2O. The topological polar surface area (TPSA) is 9.23 Å². The highest BCUT2D eigenvalue weighted by Gasteiger charge is 2.10. The molecule has 4 rings (SSSR count). The SMILES string of the molecule is COCCCc1ccc(CCc2ccc3c(F)c(CCc4ccc(Cl)cc4)ccc3c2)c(F)c1. The van der Waals surface area contributed by atoms with Gasteiger partial charge in [0, 0.05) is 24.1 Å². The molecular weight excluding hydrogens is 450 g/mol. The van der Waals surface area contributed by atoms with Gasteiger partial charge >= 0.3 is 0 Å². The lowest BCUT2D eigenvalue weighted by atomic mass is 9.97. The van der Waals surface area contributed by atoms with E-state index in [1.54, 1.807) is 13.2 Å². The van der Waals surface area contributed by atoms with Gasteiger partial charge < -0.3 is 4.74 Å². The van der Waals surface area contributed by atoms with E-state index in [4.69, 9.17) is 16.3 Å². The van der Waals surface area contributed by atoms with Crippen molar-refractivity contribution >= 4 is 22.4 Å². The predicted octanol–water partition coefficient (Wildman–Crippen LogP) is 7.92. The highest BCUT2D eigenvalue weighted by Crippen LogP contribution is 2.25. The molecule has 0 heterocycles. The van der Waals surface area contributed by atoms with Crippen LogP contribution in [0.15, 0.2) is 72.8 Å². The maximum Gasteiger partial charge on any atom is 0.134 e. The Morgan fingerprint density at radius 2 is 1.32 bits per heavy atom. The maximum atomic E-state index is 15.1. The monoisotopic (exact) mass is 478 g/mol. The summed E-state index contributed by atoms with van der Waals surface area (Å²) >= 11 is 5.94. The molecule has 0 aliphatic carbocycles. The van der Waals surface area contributed by atoms with E-state index in [0.29, 0.717) is 47.4 Å². The fourth-order valence-corrected chi connectivity index (χ4v) is 4.44. The Morgan fingerprint density at radius 1 is 0.676 bits per heavy atom. The first-order valence-corrected chi connectivity index (χ1v) is 12.1. The second-order valence-corrected chi connectivity index (χ2v) is 9.18. The molecule has 0 bridgehead atoms. The van der Waals surface area contributed by atoms with E-state index in [9.17, 15) is 4.39 Å². The van der Waals surface area contributed by atoms with E-state index < -0.39 is 0 Å². The van der Waals surface area contributed by atoms with Crippen molar-refractivity contribution in [2.45, 2.75) is 38.5 Å². The third-order valence-electron chi connectivity index (χ3n) is 6.31. The van der Waals surface area contributed by atoms with E-state index >= 15 is 4.39 Å². The van der Waals surface area contributed by atoms with Crippen molar-refractivity contribution in [2.75, 3.05) is 13.7 Å². The molecule has 0 saturated heterocycles. The number of halogens is 3. The number of hydrogen-bond acceptors (Lipinski definition) is 1. The van der Waals surface area contributed by atoms with Crippen molar-refractivity contribution in [2.24, 2.45) is 0 Å². The van der Waals surface area contributed by atoms with Gasteiger partial charge in [0.15, 0.2) is 0 Å². The number of ether oxygens (including phenoxy) is 1. The van der Waals surface area contributed by atoms with E-state index in [2.05, 4.69) is 0 Å². The molecule has 0 aromatic heterocycles. The molecule has 0 unspecified atom stereocenters. The van der Waals surface area contributed by atoms with Gasteiger partial charge in [0.05, 0.1) is 0 Å². The summed E-state index contributed by atoms with van der Waals surface area (Å²) in [5.41, 5.74) is 4.62. The van der Waals surface area contributed by atoms with Crippen LogP contribution in [0.3, 0.4) is 0 Å². The highest BCUT2D eigenvalue weighted by atomic mass is 35.5. The summed E-state index contributed by atoms with van der Waals surface area (Å²) in [6.45, 7) is 0.676. The van der Waals surface area contributed by atoms with Crippen LogP contribution in [0.25, 0.3) is 10.8 Å². The summed E-state index contributed by atoms with van der Waals surface area (Å²) in [4.78, 5) is 0. The number of aryl methyl sites for hydroxylation is 5. The molecule has 0 amide bonds. The molecule has 0 aliphatic rings. The smallest absolute Gasteiger partial charge is 0.134 e. The van der Waals surface area contributed by atoms with E-state index in [-0.39, 0.29) is 11.6 Å². The molecule has 4 aromatic rings. The quantitative estimate of drug-likeness (QED) is 0.210. The molecule has 4 aromatic carbocycles. The Morgan fingerprint density at radius 3 is 2.09 bits per heavy atom. The molecule has 0 saturated carbocycles. The molecule has 1 nitrogen and oxygen atoms in total. The molecule has 176 valence electrons. The normalized spacial score (nSPS) is 11.3. The molecule has 0 N–H and O–H groups in total. The van der Waals surface area contributed by atoms with Crippen molar-refractivity contribution in [1.29, 1.82) is 0 Å². The molecule has 34 heavy (non-hydrogen) atoms. The number of fused-ring (bicyclic) bond motifs is 1. The Hall–Kier alpha value is -2.75. The fraction of sp³-hybridized carbons (Fsp3) is 0.267. The van der Waals surface area contributed by atoms with Crippen molar-refractivity contribution in [3.8, 4) is 0 Å². The Balaban J connectivity index is 1.40. The van der Waals surface area contributed by atoms with E-state index in [1.165, 1.54) is 0 Å². The zero-order valence-corrected chi connectivity index (χ0v) is 20.2. The van der Waals surface area contributed by atoms with Crippen LogP contribution in [0.5, 0.6) is 0 Å². The Kier molecular flexibility index (Phi) is 8.31. The second kappa shape index (κ2) is 11.6. The van der Waals surface area contributed by atoms with Gasteiger partial charge in [-0.25, -0.2) is 8.78 Å². The fourth-order valence-electron chi connectivity index (χ4n) is 4.31. The minimum Gasteiger partial charge on any atom is -0.385 e. The van der Waals surface area contributed by atoms with Crippen LogP contribution >= 0.6 is 11.6 Å². The summed E-state index contributed by atoms with van der Waals surface area (Å²) in [7, 11) is 1.67. The molecule has 0 spiro atoms. The number of benzene rings is 4. The number of methoxy groups -OCH3 is 1. The third-order valence-corrected chi connectivity index (χ3v) is 6.56. The van der Waals surface area contributed by atoms with Crippen LogP contribution in [0, 0.1) is 11.6 Å². The van der Waals surface area contributed by atoms with Gasteiger partial charge in [0.1, 0.15) is 11.6 Å². The first-order valence-electron chi connectivity index (χ1n) is 11.7. The average molecular weight is 479 g/mol.